The molecule has 1 saturated heterocycles. The summed E-state index contributed by atoms with van der Waals surface area (Å²) in [6.07, 6.45) is 0. The highest BCUT2D eigenvalue weighted by Crippen LogP contribution is 2.25. The Morgan fingerprint density at radius 1 is 1.20 bits per heavy atom. The van der Waals surface area contributed by atoms with Gasteiger partial charge in [0.15, 0.2) is 0 Å². The largest absolute Gasteiger partial charge is 0.366 e. The molecule has 2 atom stereocenters. The Balaban J connectivity index is 1.65. The molecule has 1 aliphatic heterocycles. The molecule has 130 valence electrons. The molecule has 2 aromatic carbocycles. The van der Waals surface area contributed by atoms with Gasteiger partial charge < -0.3 is 11.1 Å². The molecule has 1 aliphatic rings. The van der Waals surface area contributed by atoms with Crippen molar-refractivity contribution < 1.29 is 14.0 Å². The van der Waals surface area contributed by atoms with Gasteiger partial charge in [-0.25, -0.2) is 9.82 Å². The lowest BCUT2D eigenvalue weighted by Crippen LogP contribution is -2.34. The Morgan fingerprint density at radius 2 is 1.96 bits per heavy atom. The maximum Gasteiger partial charge on any atom is 0.248 e. The summed E-state index contributed by atoms with van der Waals surface area (Å²) in [4.78, 5) is 23.7. The Bertz CT molecular complexity index is 779. The standard InChI is InChI=1S/C18H19FN4O2/c19-14-6-4-12(5-7-14)16-15(10-22-23-16)18(25)21-9-11-2-1-3-13(8-11)17(20)24/h1-8,15-16,22-23H,9-10H2,(H2,20,24)(H,21,25). The van der Waals surface area contributed by atoms with Crippen molar-refractivity contribution in [2.45, 2.75) is 12.6 Å². The first-order valence-corrected chi connectivity index (χ1v) is 7.95. The number of carbonyl (C=O) groups excluding carboxylic acids is 2. The molecule has 2 unspecified atom stereocenters. The molecular weight excluding hydrogens is 323 g/mol. The summed E-state index contributed by atoms with van der Waals surface area (Å²) < 4.78 is 13.1. The molecule has 2 amide bonds. The normalized spacial score (nSPS) is 19.6. The van der Waals surface area contributed by atoms with Crippen molar-refractivity contribution >= 4 is 11.8 Å². The number of nitrogens with two attached hydrogens (primary N) is 1. The quantitative estimate of drug-likeness (QED) is 0.652. The minimum absolute atomic E-state index is 0.128. The SMILES string of the molecule is NC(=O)c1cccc(CNC(=O)C2CNNC2c2ccc(F)cc2)c1. The zero-order valence-corrected chi connectivity index (χ0v) is 13.5. The zero-order chi connectivity index (χ0) is 17.8. The van der Waals surface area contributed by atoms with Crippen molar-refractivity contribution in [3.05, 3.63) is 71.0 Å². The van der Waals surface area contributed by atoms with E-state index in [2.05, 4.69) is 16.2 Å². The van der Waals surface area contributed by atoms with E-state index in [4.69, 9.17) is 5.73 Å². The van der Waals surface area contributed by atoms with Crippen LogP contribution in [-0.2, 0) is 11.3 Å². The summed E-state index contributed by atoms with van der Waals surface area (Å²) in [6.45, 7) is 0.766. The highest BCUT2D eigenvalue weighted by molar-refractivity contribution is 5.92. The second-order valence-electron chi connectivity index (χ2n) is 5.94. The van der Waals surface area contributed by atoms with Crippen LogP contribution in [0.1, 0.15) is 27.5 Å². The Kier molecular flexibility index (Phi) is 5.06. The number of carbonyl (C=O) groups is 2. The van der Waals surface area contributed by atoms with Crippen LogP contribution in [0.5, 0.6) is 0 Å². The van der Waals surface area contributed by atoms with Gasteiger partial charge in [0.2, 0.25) is 11.8 Å². The van der Waals surface area contributed by atoms with E-state index < -0.39 is 5.91 Å². The highest BCUT2D eigenvalue weighted by atomic mass is 19.1. The molecule has 25 heavy (non-hydrogen) atoms. The van der Waals surface area contributed by atoms with Crippen LogP contribution in [0.2, 0.25) is 0 Å². The van der Waals surface area contributed by atoms with Gasteiger partial charge in [0.1, 0.15) is 5.82 Å². The van der Waals surface area contributed by atoms with Gasteiger partial charge in [-0.2, -0.15) is 0 Å². The fourth-order valence-electron chi connectivity index (χ4n) is 2.88. The molecule has 3 rings (SSSR count). The monoisotopic (exact) mass is 342 g/mol. The number of rotatable bonds is 5. The van der Waals surface area contributed by atoms with Crippen molar-refractivity contribution in [2.75, 3.05) is 6.54 Å². The molecule has 0 saturated carbocycles. The first-order chi connectivity index (χ1) is 12.0. The van der Waals surface area contributed by atoms with Crippen molar-refractivity contribution in [1.29, 1.82) is 0 Å². The second-order valence-corrected chi connectivity index (χ2v) is 5.94. The third-order valence-corrected chi connectivity index (χ3v) is 4.23. The van der Waals surface area contributed by atoms with Gasteiger partial charge in [-0.1, -0.05) is 24.3 Å². The minimum Gasteiger partial charge on any atom is -0.366 e. The van der Waals surface area contributed by atoms with Crippen molar-refractivity contribution in [3.8, 4) is 0 Å². The Labute approximate surface area is 144 Å². The van der Waals surface area contributed by atoms with Gasteiger partial charge in [0, 0.05) is 18.7 Å². The van der Waals surface area contributed by atoms with E-state index in [1.54, 1.807) is 30.3 Å². The van der Waals surface area contributed by atoms with Crippen LogP contribution in [-0.4, -0.2) is 18.4 Å². The fourth-order valence-corrected chi connectivity index (χ4v) is 2.88. The predicted octanol–water partition coefficient (Wildman–Crippen LogP) is 1.01. The number of nitrogens with one attached hydrogen (secondary N) is 3. The number of halogens is 1. The number of hydrogen-bond acceptors (Lipinski definition) is 4. The lowest BCUT2D eigenvalue weighted by atomic mass is 9.94. The first-order valence-electron chi connectivity index (χ1n) is 7.95. The molecule has 0 aliphatic carbocycles. The van der Waals surface area contributed by atoms with Crippen LogP contribution in [0, 0.1) is 11.7 Å². The molecule has 2 aromatic rings. The van der Waals surface area contributed by atoms with E-state index in [0.717, 1.165) is 11.1 Å². The lowest BCUT2D eigenvalue weighted by molar-refractivity contribution is -0.125. The van der Waals surface area contributed by atoms with Gasteiger partial charge in [-0.15, -0.1) is 0 Å². The van der Waals surface area contributed by atoms with Gasteiger partial charge in [-0.05, 0) is 35.4 Å². The maximum atomic E-state index is 13.1. The molecule has 0 radical (unpaired) electrons. The van der Waals surface area contributed by atoms with Crippen LogP contribution < -0.4 is 21.9 Å². The molecule has 0 spiro atoms. The van der Waals surface area contributed by atoms with Gasteiger partial charge in [-0.3, -0.25) is 15.0 Å². The minimum atomic E-state index is -0.506. The van der Waals surface area contributed by atoms with E-state index in [1.165, 1.54) is 12.1 Å². The second kappa shape index (κ2) is 7.42. The molecule has 7 heteroatoms. The highest BCUT2D eigenvalue weighted by Gasteiger charge is 2.33. The number of hydrazine groups is 1. The summed E-state index contributed by atoms with van der Waals surface area (Å²) in [5, 5.41) is 2.87. The molecule has 0 bridgehead atoms. The van der Waals surface area contributed by atoms with Gasteiger partial charge in [0.05, 0.1) is 12.0 Å². The Morgan fingerprint density at radius 3 is 2.68 bits per heavy atom. The van der Waals surface area contributed by atoms with Gasteiger partial charge in [0.25, 0.3) is 0 Å². The van der Waals surface area contributed by atoms with Gasteiger partial charge >= 0.3 is 0 Å². The van der Waals surface area contributed by atoms with E-state index in [1.807, 2.05) is 6.07 Å². The van der Waals surface area contributed by atoms with Crippen LogP contribution >= 0.6 is 0 Å². The number of primary amides is 1. The molecule has 0 aromatic heterocycles. The maximum absolute atomic E-state index is 13.1. The van der Waals surface area contributed by atoms with E-state index in [-0.39, 0.29) is 23.7 Å². The Hall–Kier alpha value is -2.77. The van der Waals surface area contributed by atoms with Crippen molar-refractivity contribution in [2.24, 2.45) is 11.7 Å². The topological polar surface area (TPSA) is 96.2 Å². The van der Waals surface area contributed by atoms with Crippen LogP contribution in [0.25, 0.3) is 0 Å². The molecule has 1 heterocycles. The smallest absolute Gasteiger partial charge is 0.248 e. The zero-order valence-electron chi connectivity index (χ0n) is 13.5. The average Bonchev–Trinajstić information content (AvgIpc) is 3.10. The van der Waals surface area contributed by atoms with E-state index in [9.17, 15) is 14.0 Å². The molecular formula is C18H19FN4O2. The van der Waals surface area contributed by atoms with E-state index in [0.29, 0.717) is 18.7 Å². The summed E-state index contributed by atoms with van der Waals surface area (Å²) in [6, 6.07) is 12.7. The number of amides is 2. The third kappa shape index (κ3) is 4.01. The summed E-state index contributed by atoms with van der Waals surface area (Å²) in [5.74, 6) is -1.28. The third-order valence-electron chi connectivity index (χ3n) is 4.23. The fraction of sp³-hybridized carbons (Fsp3) is 0.222. The van der Waals surface area contributed by atoms with Crippen molar-refractivity contribution in [3.63, 3.8) is 0 Å². The van der Waals surface area contributed by atoms with Crippen LogP contribution in [0.15, 0.2) is 48.5 Å². The molecule has 6 nitrogen and oxygen atoms in total. The summed E-state index contributed by atoms with van der Waals surface area (Å²) in [5.41, 5.74) is 13.3. The predicted molar refractivity (Wildman–Crippen MR) is 90.6 cm³/mol. The first kappa shape index (κ1) is 17.1. The van der Waals surface area contributed by atoms with Crippen molar-refractivity contribution in [1.82, 2.24) is 16.2 Å². The van der Waals surface area contributed by atoms with Crippen LogP contribution in [0.4, 0.5) is 4.39 Å². The van der Waals surface area contributed by atoms with Crippen LogP contribution in [0.3, 0.4) is 0 Å². The molecule has 1 fully saturated rings. The number of hydrogen-bond donors (Lipinski definition) is 4. The summed E-state index contributed by atoms with van der Waals surface area (Å²) >= 11 is 0. The average molecular weight is 342 g/mol. The lowest BCUT2D eigenvalue weighted by Gasteiger charge is -2.18. The van der Waals surface area contributed by atoms with E-state index >= 15 is 0 Å². The molecule has 5 N–H and O–H groups in total. The summed E-state index contributed by atoms with van der Waals surface area (Å²) in [7, 11) is 0. The number of benzene rings is 2.